The van der Waals surface area contributed by atoms with Gasteiger partial charge in [-0.3, -0.25) is 9.59 Å². The lowest BCUT2D eigenvalue weighted by atomic mass is 9.81. The van der Waals surface area contributed by atoms with Crippen molar-refractivity contribution >= 4 is 11.9 Å². The van der Waals surface area contributed by atoms with E-state index in [1.54, 1.807) is 0 Å². The summed E-state index contributed by atoms with van der Waals surface area (Å²) >= 11 is 0. The van der Waals surface area contributed by atoms with E-state index in [1.807, 2.05) is 12.2 Å². The van der Waals surface area contributed by atoms with Crippen LogP contribution in [-0.2, 0) is 9.59 Å². The number of carbonyl (C=O) groups is 2. The van der Waals surface area contributed by atoms with Crippen LogP contribution in [0.1, 0.15) is 45.4 Å². The maximum Gasteiger partial charge on any atom is 0.307 e. The highest BCUT2D eigenvalue weighted by Crippen LogP contribution is 2.48. The topological polar surface area (TPSA) is 66.4 Å². The molecule has 2 unspecified atom stereocenters. The minimum atomic E-state index is -0.822. The van der Waals surface area contributed by atoms with Crippen molar-refractivity contribution < 1.29 is 14.7 Å². The highest BCUT2D eigenvalue weighted by Gasteiger charge is 2.51. The maximum atomic E-state index is 12.6. The number of carboxylic acid groups (broad SMARTS) is 1. The molecule has 3 aliphatic rings. The van der Waals surface area contributed by atoms with Crippen LogP contribution in [0.5, 0.6) is 0 Å². The summed E-state index contributed by atoms with van der Waals surface area (Å²) in [6, 6.07) is 0.162. The molecule has 2 N–H and O–H groups in total. The molecule has 0 radical (unpaired) electrons. The van der Waals surface area contributed by atoms with Gasteiger partial charge in [0.2, 0.25) is 5.91 Å². The Labute approximate surface area is 126 Å². The largest absolute Gasteiger partial charge is 0.481 e. The predicted octanol–water partition coefficient (Wildman–Crippen LogP) is 2.59. The zero-order valence-corrected chi connectivity index (χ0v) is 12.6. The monoisotopic (exact) mass is 291 g/mol. The molecule has 3 aliphatic carbocycles. The van der Waals surface area contributed by atoms with Crippen molar-refractivity contribution in [3.05, 3.63) is 12.2 Å². The molecule has 4 nitrogen and oxygen atoms in total. The Morgan fingerprint density at radius 3 is 2.33 bits per heavy atom. The average Bonchev–Trinajstić information content (AvgIpc) is 3.08. The second-order valence-corrected chi connectivity index (χ2v) is 7.03. The Morgan fingerprint density at radius 1 is 1.10 bits per heavy atom. The highest BCUT2D eigenvalue weighted by atomic mass is 16.4. The minimum Gasteiger partial charge on any atom is -0.481 e. The number of allylic oxidation sites excluding steroid dienone is 2. The number of rotatable bonds is 4. The van der Waals surface area contributed by atoms with E-state index in [0.29, 0.717) is 5.92 Å². The quantitative estimate of drug-likeness (QED) is 0.782. The second kappa shape index (κ2) is 5.82. The van der Waals surface area contributed by atoms with Crippen LogP contribution in [0.4, 0.5) is 0 Å². The molecule has 2 bridgehead atoms. The summed E-state index contributed by atoms with van der Waals surface area (Å²) in [4.78, 5) is 24.1. The minimum absolute atomic E-state index is 0.0441. The zero-order chi connectivity index (χ0) is 15.0. The van der Waals surface area contributed by atoms with Crippen LogP contribution < -0.4 is 5.32 Å². The fourth-order valence-electron chi connectivity index (χ4n) is 4.59. The number of carboxylic acids is 1. The molecular formula is C17H25NO3. The molecule has 2 fully saturated rings. The lowest BCUT2D eigenvalue weighted by molar-refractivity contribution is -0.148. The number of nitrogens with one attached hydrogen (secondary N) is 1. The third kappa shape index (κ3) is 2.72. The smallest absolute Gasteiger partial charge is 0.307 e. The van der Waals surface area contributed by atoms with Crippen LogP contribution in [0.25, 0.3) is 0 Å². The van der Waals surface area contributed by atoms with Gasteiger partial charge in [0.05, 0.1) is 11.8 Å². The molecule has 0 saturated heterocycles. The molecule has 2 saturated carbocycles. The Balaban J connectivity index is 1.64. The first-order valence-electron chi connectivity index (χ1n) is 8.29. The van der Waals surface area contributed by atoms with Gasteiger partial charge >= 0.3 is 5.97 Å². The van der Waals surface area contributed by atoms with Crippen molar-refractivity contribution in [3.63, 3.8) is 0 Å². The number of hydrogen-bond acceptors (Lipinski definition) is 2. The van der Waals surface area contributed by atoms with Crippen molar-refractivity contribution in [3.8, 4) is 0 Å². The van der Waals surface area contributed by atoms with E-state index in [4.69, 9.17) is 0 Å². The Bertz CT molecular complexity index is 453. The van der Waals surface area contributed by atoms with Gasteiger partial charge in [0, 0.05) is 6.04 Å². The van der Waals surface area contributed by atoms with E-state index in [0.717, 1.165) is 6.42 Å². The molecule has 0 spiro atoms. The molecule has 0 aromatic heterocycles. The molecule has 21 heavy (non-hydrogen) atoms. The summed E-state index contributed by atoms with van der Waals surface area (Å²) in [5.74, 6) is -1.04. The normalized spacial score (nSPS) is 36.6. The Hall–Kier alpha value is -1.32. The van der Waals surface area contributed by atoms with Gasteiger partial charge in [-0.2, -0.15) is 0 Å². The van der Waals surface area contributed by atoms with Crippen LogP contribution in [0.2, 0.25) is 0 Å². The van der Waals surface area contributed by atoms with Gasteiger partial charge < -0.3 is 10.4 Å². The SMILES string of the molecule is C[C@H](NC(=O)[C@H]1C2C=CC(C2)[C@H]1C(=O)O)C1CCCCC1. The van der Waals surface area contributed by atoms with Gasteiger partial charge in [-0.1, -0.05) is 31.4 Å². The van der Waals surface area contributed by atoms with Crippen LogP contribution in [0.3, 0.4) is 0 Å². The summed E-state index contributed by atoms with van der Waals surface area (Å²) in [6.07, 6.45) is 11.0. The summed E-state index contributed by atoms with van der Waals surface area (Å²) in [5, 5.41) is 12.5. The molecule has 0 heterocycles. The van der Waals surface area contributed by atoms with Gasteiger partial charge in [0.1, 0.15) is 0 Å². The second-order valence-electron chi connectivity index (χ2n) is 7.03. The standard InChI is InChI=1S/C17H25NO3/c1-10(11-5-3-2-4-6-11)18-16(19)14-12-7-8-13(9-12)15(14)17(20)21/h7-8,10-15H,2-6,9H2,1H3,(H,18,19)(H,20,21)/t10-,12?,13?,14-,15+/m0/s1. The van der Waals surface area contributed by atoms with Gasteiger partial charge in [0.15, 0.2) is 0 Å². The maximum absolute atomic E-state index is 12.6. The van der Waals surface area contributed by atoms with E-state index >= 15 is 0 Å². The summed E-state index contributed by atoms with van der Waals surface area (Å²) in [5.41, 5.74) is 0. The predicted molar refractivity (Wildman–Crippen MR) is 79.5 cm³/mol. The lowest BCUT2D eigenvalue weighted by Crippen LogP contribution is -2.46. The van der Waals surface area contributed by atoms with Gasteiger partial charge in [0.25, 0.3) is 0 Å². The third-order valence-electron chi connectivity index (χ3n) is 5.77. The van der Waals surface area contributed by atoms with Gasteiger partial charge in [-0.15, -0.1) is 0 Å². The first-order chi connectivity index (χ1) is 10.1. The number of carbonyl (C=O) groups excluding carboxylic acids is 1. The molecule has 1 amide bonds. The van der Waals surface area contributed by atoms with Crippen LogP contribution in [0, 0.1) is 29.6 Å². The van der Waals surface area contributed by atoms with E-state index < -0.39 is 11.9 Å². The molecule has 0 aromatic carbocycles. The van der Waals surface area contributed by atoms with Gasteiger partial charge in [-0.25, -0.2) is 0 Å². The first-order valence-corrected chi connectivity index (χ1v) is 8.29. The zero-order valence-electron chi connectivity index (χ0n) is 12.6. The number of fused-ring (bicyclic) bond motifs is 2. The van der Waals surface area contributed by atoms with Crippen LogP contribution in [-0.4, -0.2) is 23.0 Å². The molecule has 5 atom stereocenters. The molecule has 0 aromatic rings. The molecule has 4 heteroatoms. The fourth-order valence-corrected chi connectivity index (χ4v) is 4.59. The first kappa shape index (κ1) is 14.6. The average molecular weight is 291 g/mol. The van der Waals surface area contributed by atoms with Crippen molar-refractivity contribution in [2.24, 2.45) is 29.6 Å². The van der Waals surface area contributed by atoms with E-state index in [9.17, 15) is 14.7 Å². The number of hydrogen-bond donors (Lipinski definition) is 2. The lowest BCUT2D eigenvalue weighted by Gasteiger charge is -2.31. The fraction of sp³-hybridized carbons (Fsp3) is 0.765. The van der Waals surface area contributed by atoms with E-state index in [-0.39, 0.29) is 29.7 Å². The molecule has 116 valence electrons. The number of amides is 1. The molecule has 3 rings (SSSR count). The van der Waals surface area contributed by atoms with Crippen molar-refractivity contribution in [1.82, 2.24) is 5.32 Å². The van der Waals surface area contributed by atoms with Crippen molar-refractivity contribution in [1.29, 1.82) is 0 Å². The summed E-state index contributed by atoms with van der Waals surface area (Å²) in [7, 11) is 0. The third-order valence-corrected chi connectivity index (χ3v) is 5.77. The molecular weight excluding hydrogens is 266 g/mol. The Kier molecular flexibility index (Phi) is 4.05. The van der Waals surface area contributed by atoms with Crippen LogP contribution >= 0.6 is 0 Å². The summed E-state index contributed by atoms with van der Waals surface area (Å²) in [6.45, 7) is 2.08. The van der Waals surface area contributed by atoms with E-state index in [2.05, 4.69) is 12.2 Å². The summed E-state index contributed by atoms with van der Waals surface area (Å²) < 4.78 is 0. The number of aliphatic carboxylic acids is 1. The van der Waals surface area contributed by atoms with Crippen molar-refractivity contribution in [2.45, 2.75) is 51.5 Å². The highest BCUT2D eigenvalue weighted by molar-refractivity contribution is 5.87. The van der Waals surface area contributed by atoms with Gasteiger partial charge in [-0.05, 0) is 43.9 Å². The van der Waals surface area contributed by atoms with Crippen LogP contribution in [0.15, 0.2) is 12.2 Å². The Morgan fingerprint density at radius 2 is 1.71 bits per heavy atom. The van der Waals surface area contributed by atoms with Crippen molar-refractivity contribution in [2.75, 3.05) is 0 Å². The van der Waals surface area contributed by atoms with E-state index in [1.165, 1.54) is 32.1 Å². The molecule has 0 aliphatic heterocycles.